The molecule has 2 nitrogen and oxygen atoms in total. The molecule has 0 amide bonds. The number of halogens is 3. The van der Waals surface area contributed by atoms with Crippen LogP contribution in [0.5, 0.6) is 0 Å². The normalized spacial score (nSPS) is 12.6. The molecule has 21 heavy (non-hydrogen) atoms. The lowest BCUT2D eigenvalue weighted by Crippen LogP contribution is -2.23. The molecule has 1 atom stereocenters. The Bertz CT molecular complexity index is 614. The van der Waals surface area contributed by atoms with Crippen LogP contribution in [0.15, 0.2) is 33.2 Å². The van der Waals surface area contributed by atoms with E-state index >= 15 is 0 Å². The minimum Gasteiger partial charge on any atom is -0.464 e. The molecule has 1 N–H and O–H groups in total. The van der Waals surface area contributed by atoms with E-state index in [4.69, 9.17) is 16.0 Å². The van der Waals surface area contributed by atoms with Gasteiger partial charge < -0.3 is 9.73 Å². The van der Waals surface area contributed by atoms with Crippen LogP contribution in [-0.2, 0) is 6.42 Å². The van der Waals surface area contributed by atoms with Crippen LogP contribution in [0.3, 0.4) is 0 Å². The van der Waals surface area contributed by atoms with Gasteiger partial charge in [-0.05, 0) is 53.2 Å². The van der Waals surface area contributed by atoms with Crippen molar-refractivity contribution in [3.05, 3.63) is 56.7 Å². The molecule has 1 heterocycles. The van der Waals surface area contributed by atoms with Crippen LogP contribution in [-0.4, -0.2) is 6.54 Å². The molecule has 1 aromatic carbocycles. The molecule has 0 bridgehead atoms. The fraction of sp³-hybridized carbons (Fsp3) is 0.375. The van der Waals surface area contributed by atoms with Crippen molar-refractivity contribution < 1.29 is 8.81 Å². The van der Waals surface area contributed by atoms with E-state index in [-0.39, 0.29) is 11.9 Å². The van der Waals surface area contributed by atoms with Crippen molar-refractivity contribution in [2.45, 2.75) is 32.7 Å². The number of benzene rings is 1. The van der Waals surface area contributed by atoms with Crippen molar-refractivity contribution in [3.63, 3.8) is 0 Å². The molecule has 0 aliphatic carbocycles. The quantitative estimate of drug-likeness (QED) is 0.677. The maximum atomic E-state index is 14.3. The van der Waals surface area contributed by atoms with Crippen LogP contribution < -0.4 is 5.32 Å². The minimum absolute atomic E-state index is 0.311. The summed E-state index contributed by atoms with van der Waals surface area (Å²) in [6.45, 7) is 4.85. The Morgan fingerprint density at radius 2 is 2.10 bits per heavy atom. The number of aryl methyl sites for hydroxylation is 1. The van der Waals surface area contributed by atoms with Gasteiger partial charge in [0.1, 0.15) is 17.3 Å². The zero-order valence-electron chi connectivity index (χ0n) is 12.1. The first kappa shape index (κ1) is 16.5. The van der Waals surface area contributed by atoms with Gasteiger partial charge in [-0.2, -0.15) is 0 Å². The van der Waals surface area contributed by atoms with E-state index in [9.17, 15) is 4.39 Å². The Balaban J connectivity index is 2.42. The highest BCUT2D eigenvalue weighted by atomic mass is 79.9. The Morgan fingerprint density at radius 1 is 1.33 bits per heavy atom. The standard InChI is InChI=1S/C16H18BrClFNO/c1-3-7-20-16(15-6-5-10(4-2)21-15)11-8-13(18)12(17)9-14(11)19/h5-6,8-9,16,20H,3-4,7H2,1-2H3. The Morgan fingerprint density at radius 3 is 2.71 bits per heavy atom. The summed E-state index contributed by atoms with van der Waals surface area (Å²) >= 11 is 9.35. The second-order valence-corrected chi connectivity index (χ2v) is 6.09. The van der Waals surface area contributed by atoms with E-state index in [1.807, 2.05) is 19.1 Å². The molecule has 0 radical (unpaired) electrons. The molecule has 0 saturated carbocycles. The largest absolute Gasteiger partial charge is 0.464 e. The second kappa shape index (κ2) is 7.43. The van der Waals surface area contributed by atoms with Crippen LogP contribution in [0.1, 0.15) is 43.4 Å². The maximum absolute atomic E-state index is 14.3. The molecule has 1 unspecified atom stereocenters. The summed E-state index contributed by atoms with van der Waals surface area (Å²) in [6, 6.07) is 6.51. The average molecular weight is 375 g/mol. The molecule has 1 aromatic heterocycles. The molecule has 0 fully saturated rings. The zero-order valence-corrected chi connectivity index (χ0v) is 14.4. The summed E-state index contributed by atoms with van der Waals surface area (Å²) < 4.78 is 20.6. The predicted molar refractivity (Wildman–Crippen MR) is 87.3 cm³/mol. The average Bonchev–Trinajstić information content (AvgIpc) is 2.93. The molecular formula is C16H18BrClFNO. The van der Waals surface area contributed by atoms with E-state index in [1.165, 1.54) is 6.07 Å². The van der Waals surface area contributed by atoms with E-state index in [1.54, 1.807) is 6.07 Å². The highest BCUT2D eigenvalue weighted by Gasteiger charge is 2.22. The van der Waals surface area contributed by atoms with Crippen molar-refractivity contribution in [2.75, 3.05) is 6.54 Å². The lowest BCUT2D eigenvalue weighted by molar-refractivity contribution is 0.414. The van der Waals surface area contributed by atoms with Crippen LogP contribution in [0.4, 0.5) is 4.39 Å². The predicted octanol–water partition coefficient (Wildman–Crippen LogP) is 5.49. The SMILES string of the molecule is CCCNC(c1ccc(CC)o1)c1cc(Cl)c(Br)cc1F. The van der Waals surface area contributed by atoms with Crippen molar-refractivity contribution in [2.24, 2.45) is 0 Å². The van der Waals surface area contributed by atoms with Gasteiger partial charge in [-0.1, -0.05) is 25.4 Å². The van der Waals surface area contributed by atoms with Gasteiger partial charge in [0.25, 0.3) is 0 Å². The van der Waals surface area contributed by atoms with Gasteiger partial charge in [0.05, 0.1) is 11.1 Å². The maximum Gasteiger partial charge on any atom is 0.129 e. The smallest absolute Gasteiger partial charge is 0.129 e. The molecule has 0 aliphatic rings. The zero-order chi connectivity index (χ0) is 15.4. The van der Waals surface area contributed by atoms with Gasteiger partial charge >= 0.3 is 0 Å². The summed E-state index contributed by atoms with van der Waals surface area (Å²) in [6.07, 6.45) is 1.76. The van der Waals surface area contributed by atoms with Crippen LogP contribution in [0.2, 0.25) is 5.02 Å². The summed E-state index contributed by atoms with van der Waals surface area (Å²) in [7, 11) is 0. The summed E-state index contributed by atoms with van der Waals surface area (Å²) in [4.78, 5) is 0. The monoisotopic (exact) mass is 373 g/mol. The molecule has 5 heteroatoms. The summed E-state index contributed by atoms with van der Waals surface area (Å²) in [5.41, 5.74) is 0.494. The fourth-order valence-electron chi connectivity index (χ4n) is 2.15. The molecule has 2 aromatic rings. The van der Waals surface area contributed by atoms with Crippen molar-refractivity contribution in [1.82, 2.24) is 5.32 Å². The Kier molecular flexibility index (Phi) is 5.85. The molecule has 114 valence electrons. The first-order valence-corrected chi connectivity index (χ1v) is 8.20. The Hall–Kier alpha value is -0.840. The van der Waals surface area contributed by atoms with Crippen LogP contribution >= 0.6 is 27.5 Å². The van der Waals surface area contributed by atoms with E-state index in [0.717, 1.165) is 25.1 Å². The minimum atomic E-state index is -0.337. The third-order valence-electron chi connectivity index (χ3n) is 3.26. The number of furan rings is 1. The topological polar surface area (TPSA) is 25.2 Å². The highest BCUT2D eigenvalue weighted by molar-refractivity contribution is 9.10. The number of hydrogen-bond donors (Lipinski definition) is 1. The van der Waals surface area contributed by atoms with Crippen molar-refractivity contribution >= 4 is 27.5 Å². The lowest BCUT2D eigenvalue weighted by Gasteiger charge is -2.18. The second-order valence-electron chi connectivity index (χ2n) is 4.83. The van der Waals surface area contributed by atoms with Crippen LogP contribution in [0.25, 0.3) is 0 Å². The first-order chi connectivity index (χ1) is 10.1. The molecule has 0 aliphatic heterocycles. The van der Waals surface area contributed by atoms with Crippen molar-refractivity contribution in [3.8, 4) is 0 Å². The van der Waals surface area contributed by atoms with Crippen molar-refractivity contribution in [1.29, 1.82) is 0 Å². The van der Waals surface area contributed by atoms with Gasteiger partial charge in [-0.15, -0.1) is 0 Å². The highest BCUT2D eigenvalue weighted by Crippen LogP contribution is 2.32. The van der Waals surface area contributed by atoms with E-state index < -0.39 is 0 Å². The van der Waals surface area contributed by atoms with Gasteiger partial charge in [0.2, 0.25) is 0 Å². The molecule has 2 rings (SSSR count). The van der Waals surface area contributed by atoms with E-state index in [0.29, 0.717) is 20.8 Å². The number of hydrogen-bond acceptors (Lipinski definition) is 2. The lowest BCUT2D eigenvalue weighted by atomic mass is 10.0. The van der Waals surface area contributed by atoms with Gasteiger partial charge in [0, 0.05) is 16.5 Å². The van der Waals surface area contributed by atoms with E-state index in [2.05, 4.69) is 28.2 Å². The van der Waals surface area contributed by atoms with Gasteiger partial charge in [-0.25, -0.2) is 4.39 Å². The summed E-state index contributed by atoms with van der Waals surface area (Å²) in [5, 5.41) is 3.80. The van der Waals surface area contributed by atoms with Gasteiger partial charge in [-0.3, -0.25) is 0 Å². The van der Waals surface area contributed by atoms with Gasteiger partial charge in [0.15, 0.2) is 0 Å². The van der Waals surface area contributed by atoms with Crippen LogP contribution in [0, 0.1) is 5.82 Å². The molecule has 0 spiro atoms. The first-order valence-electron chi connectivity index (χ1n) is 7.03. The summed E-state index contributed by atoms with van der Waals surface area (Å²) in [5.74, 6) is 1.28. The molecular weight excluding hydrogens is 357 g/mol. The Labute approximate surface area is 137 Å². The third kappa shape index (κ3) is 3.87. The molecule has 0 saturated heterocycles. The number of rotatable bonds is 6. The number of nitrogens with one attached hydrogen (secondary N) is 1. The third-order valence-corrected chi connectivity index (χ3v) is 4.46. The fourth-order valence-corrected chi connectivity index (χ4v) is 2.64.